The summed E-state index contributed by atoms with van der Waals surface area (Å²) in [5.74, 6) is 3.93. The Labute approximate surface area is 131 Å². The molecule has 0 heterocycles. The zero-order valence-electron chi connectivity index (χ0n) is 14.7. The molecule has 1 nitrogen and oxygen atoms in total. The van der Waals surface area contributed by atoms with Gasteiger partial charge in [0.25, 0.3) is 0 Å². The van der Waals surface area contributed by atoms with E-state index in [0.717, 1.165) is 30.1 Å². The standard InChI is InChI=1S/C20H34O/c1-13(2)7-6-11-19(4)16-10-12-20(5,21)15-9-8-14(3)17(15)18(16)19/h7,14-18,21H,6,8-12H2,1-5H3. The molecule has 1 heteroatoms. The van der Waals surface area contributed by atoms with E-state index in [4.69, 9.17) is 0 Å². The molecular weight excluding hydrogens is 256 g/mol. The van der Waals surface area contributed by atoms with Crippen LogP contribution in [0, 0.1) is 35.0 Å². The third-order valence-corrected chi connectivity index (χ3v) is 7.40. The summed E-state index contributed by atoms with van der Waals surface area (Å²) in [6.07, 6.45) is 9.88. The van der Waals surface area contributed by atoms with Crippen molar-refractivity contribution in [2.45, 2.75) is 78.7 Å². The highest BCUT2D eigenvalue weighted by Crippen LogP contribution is 2.72. The van der Waals surface area contributed by atoms with Crippen LogP contribution in [0.15, 0.2) is 11.6 Å². The zero-order valence-corrected chi connectivity index (χ0v) is 14.7. The molecule has 0 radical (unpaired) electrons. The van der Waals surface area contributed by atoms with E-state index in [-0.39, 0.29) is 0 Å². The Morgan fingerprint density at radius 2 is 1.86 bits per heavy atom. The van der Waals surface area contributed by atoms with Crippen molar-refractivity contribution in [1.29, 1.82) is 0 Å². The molecule has 0 bridgehead atoms. The normalized spacial score (nSPS) is 51.8. The molecule has 0 aromatic rings. The van der Waals surface area contributed by atoms with Crippen molar-refractivity contribution in [3.05, 3.63) is 11.6 Å². The predicted octanol–water partition coefficient (Wildman–Crippen LogP) is 5.19. The molecule has 0 aliphatic heterocycles. The lowest BCUT2D eigenvalue weighted by Crippen LogP contribution is -2.38. The first-order chi connectivity index (χ1) is 9.77. The fourth-order valence-corrected chi connectivity index (χ4v) is 6.13. The number of fused-ring (bicyclic) bond motifs is 3. The topological polar surface area (TPSA) is 20.2 Å². The van der Waals surface area contributed by atoms with E-state index in [1.54, 1.807) is 0 Å². The lowest BCUT2D eigenvalue weighted by atomic mass is 9.73. The van der Waals surface area contributed by atoms with Gasteiger partial charge in [0.05, 0.1) is 5.60 Å². The number of hydrogen-bond acceptors (Lipinski definition) is 1. The van der Waals surface area contributed by atoms with Gasteiger partial charge < -0.3 is 5.11 Å². The van der Waals surface area contributed by atoms with Gasteiger partial charge in [-0.15, -0.1) is 0 Å². The van der Waals surface area contributed by atoms with E-state index in [1.807, 2.05) is 0 Å². The van der Waals surface area contributed by atoms with Crippen LogP contribution in [-0.2, 0) is 0 Å². The first-order valence-corrected chi connectivity index (χ1v) is 9.13. The van der Waals surface area contributed by atoms with Gasteiger partial charge in [0, 0.05) is 0 Å². The second kappa shape index (κ2) is 5.11. The predicted molar refractivity (Wildman–Crippen MR) is 89.0 cm³/mol. The van der Waals surface area contributed by atoms with E-state index < -0.39 is 5.60 Å². The molecule has 3 rings (SSSR count). The van der Waals surface area contributed by atoms with Gasteiger partial charge in [0.2, 0.25) is 0 Å². The van der Waals surface area contributed by atoms with E-state index >= 15 is 0 Å². The molecule has 3 aliphatic carbocycles. The Morgan fingerprint density at radius 1 is 1.14 bits per heavy atom. The summed E-state index contributed by atoms with van der Waals surface area (Å²) >= 11 is 0. The van der Waals surface area contributed by atoms with Crippen LogP contribution in [-0.4, -0.2) is 10.7 Å². The van der Waals surface area contributed by atoms with Crippen LogP contribution in [0.1, 0.15) is 73.1 Å². The average Bonchev–Trinajstić information content (AvgIpc) is 2.78. The summed E-state index contributed by atoms with van der Waals surface area (Å²) in [6, 6.07) is 0. The summed E-state index contributed by atoms with van der Waals surface area (Å²) in [7, 11) is 0. The first-order valence-electron chi connectivity index (χ1n) is 9.13. The summed E-state index contributed by atoms with van der Waals surface area (Å²) < 4.78 is 0. The third-order valence-electron chi connectivity index (χ3n) is 7.40. The molecule has 7 unspecified atom stereocenters. The van der Waals surface area contributed by atoms with E-state index in [2.05, 4.69) is 40.7 Å². The third kappa shape index (κ3) is 2.50. The van der Waals surface area contributed by atoms with Gasteiger partial charge in [0.15, 0.2) is 0 Å². The van der Waals surface area contributed by atoms with Gasteiger partial charge in [-0.25, -0.2) is 0 Å². The Hall–Kier alpha value is -0.300. The highest BCUT2D eigenvalue weighted by atomic mass is 16.3. The lowest BCUT2D eigenvalue weighted by Gasteiger charge is -2.36. The number of hydrogen-bond donors (Lipinski definition) is 1. The molecule has 0 saturated heterocycles. The zero-order chi connectivity index (χ0) is 15.4. The summed E-state index contributed by atoms with van der Waals surface area (Å²) in [5, 5.41) is 10.9. The molecule has 0 aromatic carbocycles. The molecule has 3 saturated carbocycles. The van der Waals surface area contributed by atoms with Gasteiger partial charge >= 0.3 is 0 Å². The van der Waals surface area contributed by atoms with Gasteiger partial charge in [0.1, 0.15) is 0 Å². The Bertz CT molecular complexity index is 431. The van der Waals surface area contributed by atoms with Crippen LogP contribution in [0.3, 0.4) is 0 Å². The van der Waals surface area contributed by atoms with Crippen LogP contribution >= 0.6 is 0 Å². The van der Waals surface area contributed by atoms with E-state index in [0.29, 0.717) is 11.3 Å². The molecule has 0 spiro atoms. The Kier molecular flexibility index (Phi) is 3.80. The van der Waals surface area contributed by atoms with Crippen molar-refractivity contribution < 1.29 is 5.11 Å². The molecule has 3 fully saturated rings. The van der Waals surface area contributed by atoms with Gasteiger partial charge in [-0.2, -0.15) is 0 Å². The van der Waals surface area contributed by atoms with E-state index in [1.165, 1.54) is 37.7 Å². The maximum Gasteiger partial charge on any atom is 0.0650 e. The van der Waals surface area contributed by atoms with Crippen molar-refractivity contribution in [3.63, 3.8) is 0 Å². The van der Waals surface area contributed by atoms with Gasteiger partial charge in [-0.05, 0) is 87.9 Å². The van der Waals surface area contributed by atoms with Crippen LogP contribution in [0.25, 0.3) is 0 Å². The fourth-order valence-electron chi connectivity index (χ4n) is 6.13. The van der Waals surface area contributed by atoms with Crippen molar-refractivity contribution in [2.24, 2.45) is 35.0 Å². The fraction of sp³-hybridized carbons (Fsp3) is 0.900. The van der Waals surface area contributed by atoms with Gasteiger partial charge in [-0.1, -0.05) is 31.9 Å². The van der Waals surface area contributed by atoms with Crippen molar-refractivity contribution in [2.75, 3.05) is 0 Å². The summed E-state index contributed by atoms with van der Waals surface area (Å²) in [6.45, 7) is 11.5. The Balaban J connectivity index is 1.77. The first kappa shape index (κ1) is 15.6. The van der Waals surface area contributed by atoms with Crippen LogP contribution in [0.4, 0.5) is 0 Å². The molecule has 7 atom stereocenters. The minimum atomic E-state index is -0.399. The van der Waals surface area contributed by atoms with Crippen molar-refractivity contribution in [1.82, 2.24) is 0 Å². The largest absolute Gasteiger partial charge is 0.390 e. The lowest BCUT2D eigenvalue weighted by molar-refractivity contribution is -0.0310. The number of rotatable bonds is 3. The minimum absolute atomic E-state index is 0.399. The molecule has 0 amide bonds. The second-order valence-corrected chi connectivity index (χ2v) is 9.09. The highest BCUT2D eigenvalue weighted by molar-refractivity contribution is 5.17. The molecule has 3 aliphatic rings. The Morgan fingerprint density at radius 3 is 2.52 bits per heavy atom. The smallest absolute Gasteiger partial charge is 0.0650 e. The number of allylic oxidation sites excluding steroid dienone is 2. The second-order valence-electron chi connectivity index (χ2n) is 9.09. The van der Waals surface area contributed by atoms with E-state index in [9.17, 15) is 5.11 Å². The summed E-state index contributed by atoms with van der Waals surface area (Å²) in [4.78, 5) is 0. The monoisotopic (exact) mass is 290 g/mol. The maximum absolute atomic E-state index is 10.9. The molecule has 0 aromatic heterocycles. The summed E-state index contributed by atoms with van der Waals surface area (Å²) in [5.41, 5.74) is 1.61. The van der Waals surface area contributed by atoms with Crippen molar-refractivity contribution >= 4 is 0 Å². The minimum Gasteiger partial charge on any atom is -0.390 e. The maximum atomic E-state index is 10.9. The number of aliphatic hydroxyl groups is 1. The van der Waals surface area contributed by atoms with Crippen molar-refractivity contribution in [3.8, 4) is 0 Å². The quantitative estimate of drug-likeness (QED) is 0.709. The molecule has 120 valence electrons. The van der Waals surface area contributed by atoms with Crippen LogP contribution in [0.2, 0.25) is 0 Å². The molecule has 1 N–H and O–H groups in total. The molecule has 21 heavy (non-hydrogen) atoms. The highest BCUT2D eigenvalue weighted by Gasteiger charge is 2.68. The van der Waals surface area contributed by atoms with Crippen LogP contribution < -0.4 is 0 Å². The SMILES string of the molecule is CC(C)=CCCC1(C)C2CCC(C)(O)C3CCC(C)C3C21. The molecular formula is C20H34O. The van der Waals surface area contributed by atoms with Gasteiger partial charge in [-0.3, -0.25) is 0 Å². The average molecular weight is 290 g/mol. The van der Waals surface area contributed by atoms with Crippen LogP contribution in [0.5, 0.6) is 0 Å².